The Bertz CT molecular complexity index is 926. The Labute approximate surface area is 179 Å². The van der Waals surface area contributed by atoms with E-state index in [1.54, 1.807) is 11.8 Å². The lowest BCUT2D eigenvalue weighted by atomic mass is 9.88. The topological polar surface area (TPSA) is 42.7 Å². The Morgan fingerprint density at radius 3 is 2.86 bits per heavy atom. The van der Waals surface area contributed by atoms with Gasteiger partial charge in [-0.3, -0.25) is 0 Å². The van der Waals surface area contributed by atoms with Gasteiger partial charge in [-0.05, 0) is 55.5 Å². The molecule has 0 bridgehead atoms. The highest BCUT2D eigenvalue weighted by Crippen LogP contribution is 2.25. The maximum atomic E-state index is 4.36. The molecule has 0 spiro atoms. The number of halogens is 1. The first-order valence-electron chi connectivity index (χ1n) is 9.79. The van der Waals surface area contributed by atoms with Crippen LogP contribution in [0.2, 0.25) is 0 Å². The molecule has 0 radical (unpaired) electrons. The maximum Gasteiger partial charge on any atom is 0.191 e. The van der Waals surface area contributed by atoms with E-state index in [4.69, 9.17) is 0 Å². The Kier molecular flexibility index (Phi) is 6.50. The first-order chi connectivity index (χ1) is 13.7. The highest BCUT2D eigenvalue weighted by Gasteiger charge is 2.18. The van der Waals surface area contributed by atoms with Crippen LogP contribution in [0.3, 0.4) is 0 Å². The van der Waals surface area contributed by atoms with Crippen molar-refractivity contribution in [2.45, 2.75) is 36.9 Å². The highest BCUT2D eigenvalue weighted by molar-refractivity contribution is 9.10. The second kappa shape index (κ2) is 9.25. The molecule has 1 atom stereocenters. The third kappa shape index (κ3) is 4.67. The van der Waals surface area contributed by atoms with Crippen LogP contribution >= 0.6 is 27.7 Å². The number of benzene rings is 2. The van der Waals surface area contributed by atoms with Gasteiger partial charge in [-0.25, -0.2) is 0 Å². The summed E-state index contributed by atoms with van der Waals surface area (Å²) in [5.74, 6) is 1.97. The predicted molar refractivity (Wildman–Crippen MR) is 120 cm³/mol. The molecule has 4 rings (SSSR count). The van der Waals surface area contributed by atoms with Crippen molar-refractivity contribution in [3.8, 4) is 11.4 Å². The molecular formula is C22H25BrN4S. The van der Waals surface area contributed by atoms with E-state index < -0.39 is 0 Å². The van der Waals surface area contributed by atoms with Crippen LogP contribution in [0.25, 0.3) is 11.4 Å². The van der Waals surface area contributed by atoms with Crippen LogP contribution in [-0.4, -0.2) is 33.1 Å². The Hall–Kier alpha value is -1.63. The first-order valence-corrected chi connectivity index (χ1v) is 11.6. The van der Waals surface area contributed by atoms with E-state index in [-0.39, 0.29) is 0 Å². The fourth-order valence-corrected chi connectivity index (χ4v) is 4.98. The minimum absolute atomic E-state index is 0.596. The number of nitrogens with zero attached hydrogens (tertiary/aromatic N) is 3. The van der Waals surface area contributed by atoms with Gasteiger partial charge in [0.15, 0.2) is 11.0 Å². The number of thioether (sulfide) groups is 1. The molecule has 6 heteroatoms. The zero-order valence-corrected chi connectivity index (χ0v) is 18.5. The second-order valence-corrected chi connectivity index (χ2v) is 9.22. The molecule has 3 aromatic rings. The summed E-state index contributed by atoms with van der Waals surface area (Å²) in [4.78, 5) is 0. The molecule has 0 amide bonds. The summed E-state index contributed by atoms with van der Waals surface area (Å²) in [6, 6.07) is 17.5. The van der Waals surface area contributed by atoms with Gasteiger partial charge in [-0.1, -0.05) is 64.1 Å². The Balaban J connectivity index is 1.22. The van der Waals surface area contributed by atoms with Crippen molar-refractivity contribution in [3.63, 3.8) is 0 Å². The molecule has 1 heterocycles. The lowest BCUT2D eigenvalue weighted by molar-refractivity contribution is 0.459. The summed E-state index contributed by atoms with van der Waals surface area (Å²) in [7, 11) is 2.04. The minimum Gasteiger partial charge on any atom is -0.314 e. The molecule has 1 aliphatic rings. The van der Waals surface area contributed by atoms with E-state index in [1.807, 2.05) is 25.2 Å². The largest absolute Gasteiger partial charge is 0.314 e. The number of nitrogens with one attached hydrogen (secondary N) is 1. The SMILES string of the molecule is Cn1c(SCCCNC2CCc3cc(Br)ccc3C2)nnc1-c1ccccc1. The average Bonchev–Trinajstić information content (AvgIpc) is 3.09. The number of hydrogen-bond acceptors (Lipinski definition) is 4. The van der Waals surface area contributed by atoms with Gasteiger partial charge in [0.1, 0.15) is 0 Å². The van der Waals surface area contributed by atoms with Gasteiger partial charge in [0.05, 0.1) is 0 Å². The fraction of sp³-hybridized carbons (Fsp3) is 0.364. The van der Waals surface area contributed by atoms with Crippen molar-refractivity contribution in [3.05, 3.63) is 64.1 Å². The number of rotatable bonds is 7. The Morgan fingerprint density at radius 2 is 2.00 bits per heavy atom. The molecule has 1 N–H and O–H groups in total. The number of aryl methyl sites for hydroxylation is 1. The van der Waals surface area contributed by atoms with E-state index in [0.29, 0.717) is 6.04 Å². The van der Waals surface area contributed by atoms with Crippen LogP contribution in [0.5, 0.6) is 0 Å². The molecule has 4 nitrogen and oxygen atoms in total. The number of hydrogen-bond donors (Lipinski definition) is 1. The number of aromatic nitrogens is 3. The van der Waals surface area contributed by atoms with Gasteiger partial charge < -0.3 is 9.88 Å². The summed E-state index contributed by atoms with van der Waals surface area (Å²) < 4.78 is 3.28. The van der Waals surface area contributed by atoms with Crippen molar-refractivity contribution < 1.29 is 0 Å². The van der Waals surface area contributed by atoms with Gasteiger partial charge in [0.2, 0.25) is 0 Å². The molecule has 0 saturated carbocycles. The zero-order chi connectivity index (χ0) is 19.3. The van der Waals surface area contributed by atoms with Crippen molar-refractivity contribution in [2.24, 2.45) is 7.05 Å². The Morgan fingerprint density at radius 1 is 1.14 bits per heavy atom. The lowest BCUT2D eigenvalue weighted by Gasteiger charge is -2.25. The van der Waals surface area contributed by atoms with E-state index in [9.17, 15) is 0 Å². The van der Waals surface area contributed by atoms with Gasteiger partial charge in [0.25, 0.3) is 0 Å². The fourth-order valence-electron chi connectivity index (χ4n) is 3.72. The van der Waals surface area contributed by atoms with Gasteiger partial charge >= 0.3 is 0 Å². The second-order valence-electron chi connectivity index (χ2n) is 7.24. The summed E-state index contributed by atoms with van der Waals surface area (Å²) in [6.07, 6.45) is 4.66. The summed E-state index contributed by atoms with van der Waals surface area (Å²) in [5, 5.41) is 13.4. The smallest absolute Gasteiger partial charge is 0.191 e. The van der Waals surface area contributed by atoms with Crippen LogP contribution in [0.1, 0.15) is 24.0 Å². The van der Waals surface area contributed by atoms with Crippen molar-refractivity contribution in [1.82, 2.24) is 20.1 Å². The molecular weight excluding hydrogens is 432 g/mol. The van der Waals surface area contributed by atoms with Gasteiger partial charge in [-0.2, -0.15) is 0 Å². The molecule has 28 heavy (non-hydrogen) atoms. The zero-order valence-electron chi connectivity index (χ0n) is 16.1. The van der Waals surface area contributed by atoms with Crippen LogP contribution in [0, 0.1) is 0 Å². The van der Waals surface area contributed by atoms with E-state index in [1.165, 1.54) is 28.4 Å². The van der Waals surface area contributed by atoms with E-state index >= 15 is 0 Å². The summed E-state index contributed by atoms with van der Waals surface area (Å²) >= 11 is 5.36. The van der Waals surface area contributed by atoms with E-state index in [2.05, 4.69) is 66.3 Å². The third-order valence-corrected chi connectivity index (χ3v) is 6.85. The molecule has 1 aromatic heterocycles. The maximum absolute atomic E-state index is 4.36. The minimum atomic E-state index is 0.596. The third-order valence-electron chi connectivity index (χ3n) is 5.25. The molecule has 146 valence electrons. The van der Waals surface area contributed by atoms with Crippen LogP contribution in [-0.2, 0) is 19.9 Å². The molecule has 0 fully saturated rings. The monoisotopic (exact) mass is 456 g/mol. The standard InChI is InChI=1S/C22H25BrN4S/c1-27-21(16-6-3-2-4-7-16)25-26-22(27)28-13-5-12-24-20-11-9-17-14-19(23)10-8-18(17)15-20/h2-4,6-8,10,14,20,24H,5,9,11-13,15H2,1H3. The first kappa shape index (κ1) is 19.7. The molecule has 1 unspecified atom stereocenters. The molecule has 2 aromatic carbocycles. The predicted octanol–water partition coefficient (Wildman–Crippen LogP) is 4.87. The van der Waals surface area contributed by atoms with Gasteiger partial charge in [0, 0.05) is 28.9 Å². The average molecular weight is 457 g/mol. The van der Waals surface area contributed by atoms with E-state index in [0.717, 1.165) is 41.7 Å². The molecule has 0 aliphatic heterocycles. The van der Waals surface area contributed by atoms with Crippen LogP contribution < -0.4 is 5.32 Å². The molecule has 0 saturated heterocycles. The normalized spacial score (nSPS) is 16.1. The number of fused-ring (bicyclic) bond motifs is 1. The van der Waals surface area contributed by atoms with Crippen LogP contribution in [0.15, 0.2) is 58.2 Å². The van der Waals surface area contributed by atoms with Crippen molar-refractivity contribution >= 4 is 27.7 Å². The quantitative estimate of drug-likeness (QED) is 0.406. The van der Waals surface area contributed by atoms with Crippen molar-refractivity contribution in [2.75, 3.05) is 12.3 Å². The summed E-state index contributed by atoms with van der Waals surface area (Å²) in [5.41, 5.74) is 4.10. The summed E-state index contributed by atoms with van der Waals surface area (Å²) in [6.45, 7) is 1.05. The van der Waals surface area contributed by atoms with Crippen LogP contribution in [0.4, 0.5) is 0 Å². The van der Waals surface area contributed by atoms with Gasteiger partial charge in [-0.15, -0.1) is 10.2 Å². The van der Waals surface area contributed by atoms with Crippen molar-refractivity contribution in [1.29, 1.82) is 0 Å². The lowest BCUT2D eigenvalue weighted by Crippen LogP contribution is -2.35. The molecule has 1 aliphatic carbocycles. The highest BCUT2D eigenvalue weighted by atomic mass is 79.9.